The fourth-order valence-corrected chi connectivity index (χ4v) is 1.96. The number of carbonyl (C=O) groups excluding carboxylic acids is 3. The number of nitrogens with zero attached hydrogens (tertiary/aromatic N) is 1. The molecule has 1 amide bonds. The number of halogens is 1. The van der Waals surface area contributed by atoms with Crippen molar-refractivity contribution in [1.29, 1.82) is 10.7 Å². The number of nitrogens with one attached hydrogen (secondary N) is 2. The molecule has 2 atom stereocenters. The van der Waals surface area contributed by atoms with Gasteiger partial charge in [-0.25, -0.2) is 4.79 Å². The second-order valence-electron chi connectivity index (χ2n) is 4.99. The maximum Gasteiger partial charge on any atom is 0.328 e. The van der Waals surface area contributed by atoms with Crippen LogP contribution in [0.25, 0.3) is 0 Å². The van der Waals surface area contributed by atoms with E-state index in [0.717, 1.165) is 0 Å². The number of benzene rings is 1. The number of hydrogen-bond acceptors (Lipinski definition) is 6. The summed E-state index contributed by atoms with van der Waals surface area (Å²) in [4.78, 5) is 35.5. The van der Waals surface area contributed by atoms with Crippen LogP contribution in [0.4, 0.5) is 0 Å². The van der Waals surface area contributed by atoms with Gasteiger partial charge in [0, 0.05) is 5.71 Å². The Balaban J connectivity index is 2.58. The van der Waals surface area contributed by atoms with Gasteiger partial charge in [-0.2, -0.15) is 5.26 Å². The van der Waals surface area contributed by atoms with E-state index in [1.165, 1.54) is 19.9 Å². The van der Waals surface area contributed by atoms with Crippen molar-refractivity contribution < 1.29 is 19.1 Å². The lowest BCUT2D eigenvalue weighted by molar-refractivity contribution is -0.149. The van der Waals surface area contributed by atoms with Crippen molar-refractivity contribution in [1.82, 2.24) is 5.32 Å². The molecular formula is C16H16ClN3O4. The fourth-order valence-electron chi connectivity index (χ4n) is 1.74. The number of hydrogen-bond donors (Lipinski definition) is 2. The highest BCUT2D eigenvalue weighted by Crippen LogP contribution is 2.14. The molecule has 8 heteroatoms. The van der Waals surface area contributed by atoms with Crippen LogP contribution in [-0.4, -0.2) is 36.0 Å². The van der Waals surface area contributed by atoms with Crippen molar-refractivity contribution in [2.45, 2.75) is 19.9 Å². The average molecular weight is 350 g/mol. The summed E-state index contributed by atoms with van der Waals surface area (Å²) in [6.45, 7) is 2.07. The van der Waals surface area contributed by atoms with Gasteiger partial charge in [-0.05, 0) is 26.0 Å². The minimum atomic E-state index is -1.24. The van der Waals surface area contributed by atoms with Gasteiger partial charge in [0.1, 0.15) is 12.0 Å². The Morgan fingerprint density at radius 2 is 2.00 bits per heavy atom. The second kappa shape index (κ2) is 8.79. The minimum absolute atomic E-state index is 0.126. The van der Waals surface area contributed by atoms with Crippen LogP contribution < -0.4 is 5.32 Å². The summed E-state index contributed by atoms with van der Waals surface area (Å²) in [5.74, 6) is -3.32. The normalized spacial score (nSPS) is 12.4. The Morgan fingerprint density at radius 3 is 2.54 bits per heavy atom. The second-order valence-corrected chi connectivity index (χ2v) is 5.40. The molecule has 0 bridgehead atoms. The van der Waals surface area contributed by atoms with E-state index >= 15 is 0 Å². The van der Waals surface area contributed by atoms with Gasteiger partial charge in [-0.1, -0.05) is 23.7 Å². The minimum Gasteiger partial charge on any atom is -0.456 e. The molecule has 0 radical (unpaired) electrons. The summed E-state index contributed by atoms with van der Waals surface area (Å²) >= 11 is 5.89. The monoisotopic (exact) mass is 349 g/mol. The number of carbonyl (C=O) groups is 3. The summed E-state index contributed by atoms with van der Waals surface area (Å²) in [5, 5.41) is 18.7. The molecule has 1 aromatic rings. The van der Waals surface area contributed by atoms with E-state index < -0.39 is 36.2 Å². The molecule has 126 valence electrons. The fraction of sp³-hybridized carbons (Fsp3) is 0.312. The molecule has 0 unspecified atom stereocenters. The first-order valence-electron chi connectivity index (χ1n) is 6.97. The molecule has 0 aliphatic carbocycles. The highest BCUT2D eigenvalue weighted by atomic mass is 35.5. The van der Waals surface area contributed by atoms with Crippen LogP contribution in [0.2, 0.25) is 5.02 Å². The van der Waals surface area contributed by atoms with Gasteiger partial charge in [0.25, 0.3) is 5.91 Å². The van der Waals surface area contributed by atoms with E-state index in [9.17, 15) is 14.4 Å². The lowest BCUT2D eigenvalue weighted by Crippen LogP contribution is -2.40. The number of ether oxygens (including phenoxy) is 1. The summed E-state index contributed by atoms with van der Waals surface area (Å²) < 4.78 is 4.78. The molecule has 2 N–H and O–H groups in total. The van der Waals surface area contributed by atoms with E-state index in [2.05, 4.69) is 5.32 Å². The van der Waals surface area contributed by atoms with Gasteiger partial charge in [-0.15, -0.1) is 0 Å². The molecular weight excluding hydrogens is 334 g/mol. The van der Waals surface area contributed by atoms with Gasteiger partial charge in [0.15, 0.2) is 12.4 Å². The van der Waals surface area contributed by atoms with Crippen molar-refractivity contribution in [2.24, 2.45) is 5.92 Å². The van der Waals surface area contributed by atoms with Crippen molar-refractivity contribution >= 4 is 35.0 Å². The molecule has 0 heterocycles. The third-order valence-corrected chi connectivity index (χ3v) is 3.39. The highest BCUT2D eigenvalue weighted by molar-refractivity contribution is 6.33. The van der Waals surface area contributed by atoms with Gasteiger partial charge >= 0.3 is 5.97 Å². The first kappa shape index (κ1) is 19.3. The third-order valence-electron chi connectivity index (χ3n) is 3.06. The molecule has 0 aliphatic rings. The maximum atomic E-state index is 12.0. The van der Waals surface area contributed by atoms with E-state index in [-0.39, 0.29) is 16.3 Å². The van der Waals surface area contributed by atoms with Gasteiger partial charge in [0.2, 0.25) is 0 Å². The van der Waals surface area contributed by atoms with Crippen molar-refractivity contribution in [2.75, 3.05) is 6.61 Å². The summed E-state index contributed by atoms with van der Waals surface area (Å²) in [6, 6.07) is 6.99. The summed E-state index contributed by atoms with van der Waals surface area (Å²) in [6.07, 6.45) is 0. The number of amides is 1. The van der Waals surface area contributed by atoms with E-state index in [0.29, 0.717) is 0 Å². The summed E-state index contributed by atoms with van der Waals surface area (Å²) in [5.41, 5.74) is 0.0810. The predicted molar refractivity (Wildman–Crippen MR) is 86.8 cm³/mol. The molecule has 0 aromatic heterocycles. The van der Waals surface area contributed by atoms with E-state index in [1.807, 2.05) is 0 Å². The molecule has 0 spiro atoms. The van der Waals surface area contributed by atoms with Crippen LogP contribution in [0.15, 0.2) is 24.3 Å². The van der Waals surface area contributed by atoms with Crippen LogP contribution in [0, 0.1) is 22.7 Å². The van der Waals surface area contributed by atoms with Crippen molar-refractivity contribution in [3.63, 3.8) is 0 Å². The SMILES string of the molecule is CC(=N)[C@@H](C#N)C(=O)COC(=O)[C@H](C)NC(=O)c1ccccc1Cl. The van der Waals surface area contributed by atoms with Gasteiger partial charge in [0.05, 0.1) is 16.7 Å². The lowest BCUT2D eigenvalue weighted by Gasteiger charge is -2.14. The Morgan fingerprint density at radius 1 is 1.38 bits per heavy atom. The molecule has 24 heavy (non-hydrogen) atoms. The molecule has 0 saturated heterocycles. The first-order chi connectivity index (χ1) is 11.3. The summed E-state index contributed by atoms with van der Waals surface area (Å²) in [7, 11) is 0. The van der Waals surface area contributed by atoms with Gasteiger partial charge in [-0.3, -0.25) is 9.59 Å². The Labute approximate surface area is 144 Å². The largest absolute Gasteiger partial charge is 0.456 e. The van der Waals surface area contributed by atoms with Crippen molar-refractivity contribution in [3.8, 4) is 6.07 Å². The van der Waals surface area contributed by atoms with Crippen molar-refractivity contribution in [3.05, 3.63) is 34.9 Å². The molecule has 1 rings (SSSR count). The molecule has 1 aromatic carbocycles. The lowest BCUT2D eigenvalue weighted by atomic mass is 10.0. The highest BCUT2D eigenvalue weighted by Gasteiger charge is 2.24. The maximum absolute atomic E-state index is 12.0. The third kappa shape index (κ3) is 5.18. The van der Waals surface area contributed by atoms with Crippen LogP contribution in [0.1, 0.15) is 24.2 Å². The zero-order valence-corrected chi connectivity index (χ0v) is 13.9. The number of nitriles is 1. The quantitative estimate of drug-likeness (QED) is 0.574. The predicted octanol–water partition coefficient (Wildman–Crippen LogP) is 1.75. The van der Waals surface area contributed by atoms with Crippen LogP contribution in [0.5, 0.6) is 0 Å². The molecule has 0 aliphatic heterocycles. The Hall–Kier alpha value is -2.72. The van der Waals surface area contributed by atoms with Crippen LogP contribution >= 0.6 is 11.6 Å². The number of esters is 1. The zero-order valence-electron chi connectivity index (χ0n) is 13.1. The Bertz CT molecular complexity index is 712. The van der Waals surface area contributed by atoms with E-state index in [4.69, 9.17) is 27.0 Å². The molecule has 7 nitrogen and oxygen atoms in total. The average Bonchev–Trinajstić information content (AvgIpc) is 2.53. The van der Waals surface area contributed by atoms with E-state index in [1.54, 1.807) is 24.3 Å². The van der Waals surface area contributed by atoms with Crippen LogP contribution in [0.3, 0.4) is 0 Å². The smallest absolute Gasteiger partial charge is 0.328 e. The molecule has 0 saturated carbocycles. The number of rotatable bonds is 7. The number of ketones is 1. The van der Waals surface area contributed by atoms with Gasteiger partial charge < -0.3 is 15.5 Å². The zero-order chi connectivity index (χ0) is 18.3. The van der Waals surface area contributed by atoms with Crippen LogP contribution in [-0.2, 0) is 14.3 Å². The molecule has 0 fully saturated rings. The topological polar surface area (TPSA) is 120 Å². The number of Topliss-reactive ketones (excluding diaryl/α,β-unsaturated/α-hetero) is 1. The first-order valence-corrected chi connectivity index (χ1v) is 7.35. The Kier molecular flexibility index (Phi) is 7.08. The standard InChI is InChI=1S/C16H16ClN3O4/c1-9(19)12(7-18)14(21)8-24-16(23)10(2)20-15(22)11-5-3-4-6-13(11)17/h3-6,10,12,19H,8H2,1-2H3,(H,20,22)/t10-,12+/m0/s1.